The van der Waals surface area contributed by atoms with Gasteiger partial charge in [0.2, 0.25) is 13.9 Å². The van der Waals surface area contributed by atoms with Crippen molar-refractivity contribution in [2.45, 2.75) is 32.5 Å². The molecule has 0 rings (SSSR count). The van der Waals surface area contributed by atoms with Crippen molar-refractivity contribution in [1.82, 2.24) is 5.32 Å². The minimum absolute atomic E-state index is 0.0283. The number of hydrogen-bond donors (Lipinski definition) is 2. The summed E-state index contributed by atoms with van der Waals surface area (Å²) in [5.74, 6) is -1.77. The number of methoxy groups -OCH3 is 1. The molecule has 0 saturated carbocycles. The van der Waals surface area contributed by atoms with E-state index in [1.54, 1.807) is 13.8 Å². The first kappa shape index (κ1) is 15.1. The van der Waals surface area contributed by atoms with Gasteiger partial charge in [0.1, 0.15) is 5.78 Å². The summed E-state index contributed by atoms with van der Waals surface area (Å²) >= 11 is 0. The van der Waals surface area contributed by atoms with E-state index in [1.807, 2.05) is 0 Å². The smallest absolute Gasteiger partial charge is 0.306 e. The number of rotatable bonds is 6. The van der Waals surface area contributed by atoms with E-state index >= 15 is 0 Å². The molecule has 16 heavy (non-hydrogen) atoms. The molecule has 7 heteroatoms. The van der Waals surface area contributed by atoms with Crippen LogP contribution in [0.2, 0.25) is 0 Å². The van der Waals surface area contributed by atoms with Gasteiger partial charge in [-0.15, -0.1) is 0 Å². The number of carbonyl (C=O) groups is 2. The van der Waals surface area contributed by atoms with E-state index in [2.05, 4.69) is 10.1 Å². The molecule has 0 radical (unpaired) electrons. The zero-order valence-electron chi connectivity index (χ0n) is 9.65. The Morgan fingerprint density at radius 1 is 1.38 bits per heavy atom. The quantitative estimate of drug-likeness (QED) is 0.530. The highest BCUT2D eigenvalue weighted by molar-refractivity contribution is 7.38. The summed E-state index contributed by atoms with van der Waals surface area (Å²) in [6, 6.07) is 0. The van der Waals surface area contributed by atoms with Crippen LogP contribution in [-0.4, -0.2) is 29.7 Å². The molecule has 6 nitrogen and oxygen atoms in total. The van der Waals surface area contributed by atoms with Gasteiger partial charge in [-0.05, 0) is 5.92 Å². The van der Waals surface area contributed by atoms with Crippen molar-refractivity contribution in [3.05, 3.63) is 0 Å². The summed E-state index contributed by atoms with van der Waals surface area (Å²) in [7, 11) is -1.57. The second kappa shape index (κ2) is 7.41. The molecule has 0 heterocycles. The standard InChI is InChI=1S/C9H18NO5P/c1-6(2)9(16(13)14)10-7(11)4-5-8(12)15-3/h6,9,16H,4-5H2,1-3H3,(H,10,11)(H,13,14). The van der Waals surface area contributed by atoms with E-state index in [0.717, 1.165) is 0 Å². The molecule has 0 aromatic rings. The largest absolute Gasteiger partial charge is 0.469 e. The number of nitrogens with one attached hydrogen (secondary N) is 1. The Bertz CT molecular complexity index is 279. The Balaban J connectivity index is 4.11. The molecule has 2 atom stereocenters. The summed E-state index contributed by atoms with van der Waals surface area (Å²) in [6.45, 7) is 3.48. The second-order valence-corrected chi connectivity index (χ2v) is 5.00. The SMILES string of the molecule is COC(=O)CCC(=O)NC(C(C)C)[PH](=O)O. The van der Waals surface area contributed by atoms with E-state index < -0.39 is 25.7 Å². The van der Waals surface area contributed by atoms with Crippen LogP contribution in [0.4, 0.5) is 0 Å². The van der Waals surface area contributed by atoms with Crippen molar-refractivity contribution in [3.63, 3.8) is 0 Å². The molecule has 0 aromatic carbocycles. The Morgan fingerprint density at radius 3 is 2.31 bits per heavy atom. The fourth-order valence-electron chi connectivity index (χ4n) is 1.08. The van der Waals surface area contributed by atoms with Crippen molar-refractivity contribution in [2.24, 2.45) is 5.92 Å². The molecule has 0 aromatic heterocycles. The number of carbonyl (C=O) groups excluding carboxylic acids is 2. The Hall–Kier alpha value is -0.870. The van der Waals surface area contributed by atoms with Crippen LogP contribution < -0.4 is 5.32 Å². The number of esters is 1. The van der Waals surface area contributed by atoms with Gasteiger partial charge in [-0.3, -0.25) is 14.2 Å². The third kappa shape index (κ3) is 5.88. The van der Waals surface area contributed by atoms with Gasteiger partial charge in [0.25, 0.3) is 0 Å². The molecule has 0 fully saturated rings. The predicted octanol–water partition coefficient (Wildman–Crippen LogP) is 0.505. The number of hydrogen-bond acceptors (Lipinski definition) is 4. The van der Waals surface area contributed by atoms with Crippen LogP contribution in [-0.2, 0) is 18.9 Å². The third-order valence-corrected chi connectivity index (χ3v) is 3.38. The monoisotopic (exact) mass is 251 g/mol. The average Bonchev–Trinajstić information content (AvgIpc) is 2.21. The first-order valence-corrected chi connectivity index (χ1v) is 6.40. The Morgan fingerprint density at radius 2 is 1.94 bits per heavy atom. The van der Waals surface area contributed by atoms with Gasteiger partial charge in [0, 0.05) is 6.42 Å². The fourth-order valence-corrected chi connectivity index (χ4v) is 1.93. The van der Waals surface area contributed by atoms with Crippen LogP contribution in [0, 0.1) is 5.92 Å². The molecule has 2 unspecified atom stereocenters. The lowest BCUT2D eigenvalue weighted by molar-refractivity contribution is -0.142. The molecule has 0 aliphatic carbocycles. The van der Waals surface area contributed by atoms with Gasteiger partial charge >= 0.3 is 5.97 Å². The van der Waals surface area contributed by atoms with Gasteiger partial charge in [-0.2, -0.15) is 0 Å². The highest BCUT2D eigenvalue weighted by Crippen LogP contribution is 2.26. The van der Waals surface area contributed by atoms with Gasteiger partial charge in [0.15, 0.2) is 0 Å². The van der Waals surface area contributed by atoms with Crippen molar-refractivity contribution in [1.29, 1.82) is 0 Å². The molecule has 1 amide bonds. The molecular formula is C9H18NO5P. The van der Waals surface area contributed by atoms with Crippen LogP contribution in [0.15, 0.2) is 0 Å². The van der Waals surface area contributed by atoms with Crippen molar-refractivity contribution < 1.29 is 23.8 Å². The first-order chi connectivity index (χ1) is 7.38. The summed E-state index contributed by atoms with van der Waals surface area (Å²) in [5.41, 5.74) is 0. The van der Waals surface area contributed by atoms with Gasteiger partial charge < -0.3 is 14.9 Å². The molecule has 0 saturated heterocycles. The third-order valence-electron chi connectivity index (χ3n) is 2.03. The van der Waals surface area contributed by atoms with E-state index in [1.165, 1.54) is 7.11 Å². The highest BCUT2D eigenvalue weighted by Gasteiger charge is 2.21. The van der Waals surface area contributed by atoms with Gasteiger partial charge in [0.05, 0.1) is 13.5 Å². The van der Waals surface area contributed by atoms with Crippen LogP contribution in [0.25, 0.3) is 0 Å². The molecule has 0 bridgehead atoms. The lowest BCUT2D eigenvalue weighted by Gasteiger charge is -2.18. The zero-order valence-corrected chi connectivity index (χ0v) is 10.6. The molecule has 94 valence electrons. The van der Waals surface area contributed by atoms with E-state index in [4.69, 9.17) is 4.89 Å². The van der Waals surface area contributed by atoms with Crippen molar-refractivity contribution in [2.75, 3.05) is 7.11 Å². The minimum Gasteiger partial charge on any atom is -0.469 e. The van der Waals surface area contributed by atoms with Crippen molar-refractivity contribution in [3.8, 4) is 0 Å². The molecule has 0 spiro atoms. The molecule has 0 aliphatic heterocycles. The van der Waals surface area contributed by atoms with Crippen LogP contribution in [0.5, 0.6) is 0 Å². The van der Waals surface area contributed by atoms with Crippen LogP contribution >= 0.6 is 8.03 Å². The minimum atomic E-state index is -2.81. The summed E-state index contributed by atoms with van der Waals surface area (Å²) in [4.78, 5) is 31.1. The van der Waals surface area contributed by atoms with Crippen molar-refractivity contribution >= 4 is 19.9 Å². The van der Waals surface area contributed by atoms with E-state index in [9.17, 15) is 14.2 Å². The van der Waals surface area contributed by atoms with Crippen LogP contribution in [0.1, 0.15) is 26.7 Å². The average molecular weight is 251 g/mol. The van der Waals surface area contributed by atoms with Gasteiger partial charge in [-0.25, -0.2) is 0 Å². The molecule has 2 N–H and O–H groups in total. The van der Waals surface area contributed by atoms with E-state index in [-0.39, 0.29) is 18.8 Å². The summed E-state index contributed by atoms with van der Waals surface area (Å²) in [6.07, 6.45) is -0.0649. The fraction of sp³-hybridized carbons (Fsp3) is 0.778. The van der Waals surface area contributed by atoms with Crippen LogP contribution in [0.3, 0.4) is 0 Å². The maximum Gasteiger partial charge on any atom is 0.306 e. The molecule has 0 aliphatic rings. The van der Waals surface area contributed by atoms with E-state index in [0.29, 0.717) is 0 Å². The summed E-state index contributed by atoms with van der Waals surface area (Å²) < 4.78 is 15.3. The molecular weight excluding hydrogens is 233 g/mol. The number of amides is 1. The Labute approximate surface area is 95.2 Å². The highest BCUT2D eigenvalue weighted by atomic mass is 31.1. The lowest BCUT2D eigenvalue weighted by atomic mass is 10.2. The second-order valence-electron chi connectivity index (χ2n) is 3.70. The lowest BCUT2D eigenvalue weighted by Crippen LogP contribution is -2.36. The summed E-state index contributed by atoms with van der Waals surface area (Å²) in [5, 5.41) is 2.43. The normalized spacial score (nSPS) is 14.3. The Kier molecular flexibility index (Phi) is 7.01. The first-order valence-electron chi connectivity index (χ1n) is 4.97. The topological polar surface area (TPSA) is 92.7 Å². The van der Waals surface area contributed by atoms with Gasteiger partial charge in [-0.1, -0.05) is 13.8 Å². The zero-order chi connectivity index (χ0) is 12.7. The predicted molar refractivity (Wildman–Crippen MR) is 59.2 cm³/mol. The number of ether oxygens (including phenoxy) is 1. The maximum absolute atomic E-state index is 11.3. The maximum atomic E-state index is 11.3.